The van der Waals surface area contributed by atoms with Crippen molar-refractivity contribution in [2.75, 3.05) is 0 Å². The molecule has 3 fully saturated rings. The molecule has 0 heterocycles. The third-order valence-electron chi connectivity index (χ3n) is 4.76. The van der Waals surface area contributed by atoms with Crippen LogP contribution in [0.5, 0.6) is 0 Å². The first-order valence-electron chi connectivity index (χ1n) is 7.84. The number of aliphatic carboxylic acids is 1. The van der Waals surface area contributed by atoms with Gasteiger partial charge in [0, 0.05) is 5.41 Å². The molecule has 0 saturated heterocycles. The van der Waals surface area contributed by atoms with Gasteiger partial charge in [-0.05, 0) is 51.9 Å². The lowest BCUT2D eigenvalue weighted by Crippen LogP contribution is -2.71. The lowest BCUT2D eigenvalue weighted by atomic mass is 9.32. The first-order chi connectivity index (χ1) is 9.61. The van der Waals surface area contributed by atoms with Crippen LogP contribution in [-0.4, -0.2) is 28.8 Å². The number of carboxylic acids is 1. The molecule has 2 N–H and O–H groups in total. The SMILES string of the molecule is CCCCC12CC(C(NC(=O)OC(C)(C)C)C(=O)O)(C1)C2. The van der Waals surface area contributed by atoms with Crippen LogP contribution in [0.15, 0.2) is 0 Å². The van der Waals surface area contributed by atoms with Crippen molar-refractivity contribution in [3.8, 4) is 0 Å². The Morgan fingerprint density at radius 3 is 2.29 bits per heavy atom. The Labute approximate surface area is 126 Å². The lowest BCUT2D eigenvalue weighted by Gasteiger charge is -2.72. The third kappa shape index (κ3) is 3.16. The maximum atomic E-state index is 11.8. The molecule has 3 aliphatic rings. The topological polar surface area (TPSA) is 75.6 Å². The first kappa shape index (κ1) is 16.1. The summed E-state index contributed by atoms with van der Waals surface area (Å²) < 4.78 is 5.18. The number of amides is 1. The second-order valence-electron chi connectivity index (χ2n) is 7.91. The predicted molar refractivity (Wildman–Crippen MR) is 79.0 cm³/mol. The van der Waals surface area contributed by atoms with E-state index in [1.165, 1.54) is 19.3 Å². The Morgan fingerprint density at radius 2 is 1.86 bits per heavy atom. The summed E-state index contributed by atoms with van der Waals surface area (Å²) in [5.74, 6) is -0.954. The summed E-state index contributed by atoms with van der Waals surface area (Å²) in [7, 11) is 0. The van der Waals surface area contributed by atoms with E-state index in [4.69, 9.17) is 4.74 Å². The van der Waals surface area contributed by atoms with Crippen LogP contribution in [0, 0.1) is 10.8 Å². The van der Waals surface area contributed by atoms with Gasteiger partial charge in [0.2, 0.25) is 0 Å². The number of hydrogen-bond donors (Lipinski definition) is 2. The van der Waals surface area contributed by atoms with Gasteiger partial charge in [0.15, 0.2) is 0 Å². The molecule has 0 aliphatic heterocycles. The largest absolute Gasteiger partial charge is 0.480 e. The molecule has 2 bridgehead atoms. The molecule has 0 radical (unpaired) electrons. The van der Waals surface area contributed by atoms with Crippen molar-refractivity contribution in [3.63, 3.8) is 0 Å². The van der Waals surface area contributed by atoms with E-state index in [0.717, 1.165) is 19.3 Å². The summed E-state index contributed by atoms with van der Waals surface area (Å²) in [5.41, 5.74) is -0.495. The van der Waals surface area contributed by atoms with E-state index in [9.17, 15) is 14.7 Å². The van der Waals surface area contributed by atoms with E-state index in [2.05, 4.69) is 12.2 Å². The molecule has 0 spiro atoms. The van der Waals surface area contributed by atoms with Crippen molar-refractivity contribution in [3.05, 3.63) is 0 Å². The summed E-state index contributed by atoms with van der Waals surface area (Å²) in [4.78, 5) is 23.3. The molecule has 1 amide bonds. The number of ether oxygens (including phenoxy) is 1. The van der Waals surface area contributed by atoms with Crippen LogP contribution in [0.3, 0.4) is 0 Å². The lowest BCUT2D eigenvalue weighted by molar-refractivity contribution is -0.228. The van der Waals surface area contributed by atoms with Crippen molar-refractivity contribution < 1.29 is 19.4 Å². The van der Waals surface area contributed by atoms with Crippen molar-refractivity contribution in [2.24, 2.45) is 10.8 Å². The fourth-order valence-corrected chi connectivity index (χ4v) is 4.11. The van der Waals surface area contributed by atoms with E-state index >= 15 is 0 Å². The fourth-order valence-electron chi connectivity index (χ4n) is 4.11. The number of carboxylic acid groups (broad SMARTS) is 1. The number of hydrogen-bond acceptors (Lipinski definition) is 3. The van der Waals surface area contributed by atoms with Gasteiger partial charge in [-0.2, -0.15) is 0 Å². The van der Waals surface area contributed by atoms with E-state index < -0.39 is 23.7 Å². The zero-order valence-electron chi connectivity index (χ0n) is 13.5. The predicted octanol–water partition coefficient (Wildman–Crippen LogP) is 3.32. The van der Waals surface area contributed by atoms with Gasteiger partial charge in [0.25, 0.3) is 0 Å². The molecular formula is C16H27NO4. The van der Waals surface area contributed by atoms with Crippen LogP contribution >= 0.6 is 0 Å². The highest BCUT2D eigenvalue weighted by Gasteiger charge is 2.71. The average Bonchev–Trinajstić information content (AvgIpc) is 2.21. The first-order valence-corrected chi connectivity index (χ1v) is 7.84. The van der Waals surface area contributed by atoms with Gasteiger partial charge in [-0.1, -0.05) is 19.8 Å². The molecule has 5 nitrogen and oxygen atoms in total. The Balaban J connectivity index is 1.91. The van der Waals surface area contributed by atoms with Crippen LogP contribution in [0.25, 0.3) is 0 Å². The second-order valence-corrected chi connectivity index (χ2v) is 7.91. The molecular weight excluding hydrogens is 270 g/mol. The monoisotopic (exact) mass is 297 g/mol. The summed E-state index contributed by atoms with van der Waals surface area (Å²) in [6, 6.07) is -0.823. The smallest absolute Gasteiger partial charge is 0.408 e. The maximum absolute atomic E-state index is 11.8. The van der Waals surface area contributed by atoms with E-state index in [1.807, 2.05) is 0 Å². The quantitative estimate of drug-likeness (QED) is 0.788. The highest BCUT2D eigenvalue weighted by Crippen LogP contribution is 2.76. The highest BCUT2D eigenvalue weighted by molar-refractivity contribution is 5.81. The van der Waals surface area contributed by atoms with Gasteiger partial charge in [-0.15, -0.1) is 0 Å². The van der Waals surface area contributed by atoms with Gasteiger partial charge in [-0.3, -0.25) is 0 Å². The van der Waals surface area contributed by atoms with Crippen LogP contribution in [0.2, 0.25) is 0 Å². The minimum Gasteiger partial charge on any atom is -0.480 e. The summed E-state index contributed by atoms with van der Waals surface area (Å²) in [6.07, 6.45) is 5.69. The molecule has 0 aromatic carbocycles. The summed E-state index contributed by atoms with van der Waals surface area (Å²) in [5, 5.41) is 12.0. The molecule has 3 saturated carbocycles. The molecule has 3 aliphatic carbocycles. The number of rotatable bonds is 6. The zero-order chi connectivity index (χ0) is 15.9. The van der Waals surface area contributed by atoms with Crippen molar-refractivity contribution in [1.29, 1.82) is 0 Å². The molecule has 5 heteroatoms. The standard InChI is InChI=1S/C16H27NO4/c1-5-6-7-15-8-16(9-15,10-15)11(12(18)19)17-13(20)21-14(2,3)4/h11H,5-10H2,1-4H3,(H,17,20)(H,18,19). The number of nitrogens with one attached hydrogen (secondary N) is 1. The van der Waals surface area contributed by atoms with Crippen molar-refractivity contribution in [1.82, 2.24) is 5.32 Å². The Hall–Kier alpha value is -1.26. The molecule has 3 rings (SSSR count). The number of alkyl carbamates (subject to hydrolysis) is 1. The molecule has 21 heavy (non-hydrogen) atoms. The fraction of sp³-hybridized carbons (Fsp3) is 0.875. The van der Waals surface area contributed by atoms with Gasteiger partial charge in [-0.25, -0.2) is 9.59 Å². The number of unbranched alkanes of at least 4 members (excludes halogenated alkanes) is 1. The number of carbonyl (C=O) groups excluding carboxylic acids is 1. The molecule has 120 valence electrons. The third-order valence-corrected chi connectivity index (χ3v) is 4.76. The van der Waals surface area contributed by atoms with Crippen molar-refractivity contribution >= 4 is 12.1 Å². The van der Waals surface area contributed by atoms with Crippen LogP contribution in [0.4, 0.5) is 4.79 Å². The average molecular weight is 297 g/mol. The van der Waals surface area contributed by atoms with E-state index in [0.29, 0.717) is 5.41 Å². The minimum absolute atomic E-state index is 0.240. The van der Waals surface area contributed by atoms with Crippen LogP contribution in [0.1, 0.15) is 66.2 Å². The Kier molecular flexibility index (Phi) is 3.98. The minimum atomic E-state index is -0.954. The van der Waals surface area contributed by atoms with E-state index in [1.54, 1.807) is 20.8 Å². The van der Waals surface area contributed by atoms with Gasteiger partial charge >= 0.3 is 12.1 Å². The Morgan fingerprint density at radius 1 is 1.29 bits per heavy atom. The summed E-state index contributed by atoms with van der Waals surface area (Å²) >= 11 is 0. The number of carbonyl (C=O) groups is 2. The molecule has 0 aromatic rings. The van der Waals surface area contributed by atoms with Gasteiger partial charge in [0.1, 0.15) is 11.6 Å². The zero-order valence-corrected chi connectivity index (χ0v) is 13.5. The van der Waals surface area contributed by atoms with Crippen LogP contribution < -0.4 is 5.32 Å². The molecule has 0 aromatic heterocycles. The Bertz CT molecular complexity index is 418. The molecule has 1 atom stereocenters. The second kappa shape index (κ2) is 5.18. The maximum Gasteiger partial charge on any atom is 0.408 e. The van der Waals surface area contributed by atoms with Crippen LogP contribution in [-0.2, 0) is 9.53 Å². The summed E-state index contributed by atoms with van der Waals surface area (Å²) in [6.45, 7) is 7.47. The van der Waals surface area contributed by atoms with E-state index in [-0.39, 0.29) is 5.41 Å². The normalized spacial score (nSPS) is 31.6. The highest BCUT2D eigenvalue weighted by atomic mass is 16.6. The molecule has 1 unspecified atom stereocenters. The van der Waals surface area contributed by atoms with Gasteiger partial charge < -0.3 is 15.2 Å². The van der Waals surface area contributed by atoms with Gasteiger partial charge in [0.05, 0.1) is 0 Å². The van der Waals surface area contributed by atoms with Crippen molar-refractivity contribution in [2.45, 2.75) is 77.9 Å².